The number of halogens is 1. The summed E-state index contributed by atoms with van der Waals surface area (Å²) in [6, 6.07) is 5.52. The lowest BCUT2D eigenvalue weighted by Crippen LogP contribution is -2.10. The fraction of sp³-hybridized carbons (Fsp3) is 0.333. The van der Waals surface area contributed by atoms with Crippen molar-refractivity contribution < 1.29 is 4.79 Å². The molecule has 2 rings (SSSR count). The van der Waals surface area contributed by atoms with Gasteiger partial charge in [0.2, 0.25) is 11.9 Å². The number of nitrogen functional groups attached to an aromatic ring is 1. The predicted octanol–water partition coefficient (Wildman–Crippen LogP) is 1.93. The Balaban J connectivity index is 2.17. The summed E-state index contributed by atoms with van der Waals surface area (Å²) in [7, 11) is 0. The summed E-state index contributed by atoms with van der Waals surface area (Å²) in [6.07, 6.45) is 1.93. The summed E-state index contributed by atoms with van der Waals surface area (Å²) in [5.41, 5.74) is 12.6. The largest absolute Gasteiger partial charge is 0.370 e. The molecule has 0 atom stereocenters. The SMILES string of the molecule is NC(=O)CCCCn1c(N)nc2cccc(Cl)c21. The van der Waals surface area contributed by atoms with Gasteiger partial charge in [0.05, 0.1) is 16.1 Å². The molecule has 0 aliphatic heterocycles. The van der Waals surface area contributed by atoms with Gasteiger partial charge < -0.3 is 16.0 Å². The highest BCUT2D eigenvalue weighted by Gasteiger charge is 2.10. The van der Waals surface area contributed by atoms with Crippen molar-refractivity contribution >= 4 is 34.5 Å². The number of aryl methyl sites for hydroxylation is 1. The van der Waals surface area contributed by atoms with E-state index in [9.17, 15) is 4.79 Å². The molecule has 1 aromatic heterocycles. The number of carbonyl (C=O) groups excluding carboxylic acids is 1. The van der Waals surface area contributed by atoms with E-state index >= 15 is 0 Å². The van der Waals surface area contributed by atoms with Gasteiger partial charge >= 0.3 is 0 Å². The number of fused-ring (bicyclic) bond motifs is 1. The number of para-hydroxylation sites is 1. The minimum atomic E-state index is -0.281. The van der Waals surface area contributed by atoms with E-state index in [1.54, 1.807) is 0 Å². The molecule has 4 N–H and O–H groups in total. The van der Waals surface area contributed by atoms with Crippen molar-refractivity contribution in [3.8, 4) is 0 Å². The normalized spacial score (nSPS) is 10.9. The van der Waals surface area contributed by atoms with Crippen LogP contribution in [0.15, 0.2) is 18.2 Å². The van der Waals surface area contributed by atoms with Gasteiger partial charge in [0, 0.05) is 13.0 Å². The number of unbranched alkanes of at least 4 members (excludes halogenated alkanes) is 1. The third kappa shape index (κ3) is 2.56. The maximum atomic E-state index is 10.7. The molecule has 2 aromatic rings. The Labute approximate surface area is 110 Å². The fourth-order valence-electron chi connectivity index (χ4n) is 1.96. The third-order valence-corrected chi connectivity index (χ3v) is 3.11. The van der Waals surface area contributed by atoms with E-state index in [1.807, 2.05) is 22.8 Å². The lowest BCUT2D eigenvalue weighted by molar-refractivity contribution is -0.118. The summed E-state index contributed by atoms with van der Waals surface area (Å²) < 4.78 is 1.87. The van der Waals surface area contributed by atoms with Gasteiger partial charge in [-0.3, -0.25) is 4.79 Å². The molecule has 0 unspecified atom stereocenters. The second kappa shape index (κ2) is 5.27. The van der Waals surface area contributed by atoms with E-state index in [1.165, 1.54) is 0 Å². The standard InChI is InChI=1S/C12H15ClN4O/c13-8-4-3-5-9-11(8)17(12(15)16-9)7-2-1-6-10(14)18/h3-5H,1-2,6-7H2,(H2,14,18)(H2,15,16). The Morgan fingerprint density at radius 3 is 2.89 bits per heavy atom. The quantitative estimate of drug-likeness (QED) is 0.811. The molecule has 1 heterocycles. The first-order valence-corrected chi connectivity index (χ1v) is 6.16. The topological polar surface area (TPSA) is 86.9 Å². The Hall–Kier alpha value is -1.75. The molecular weight excluding hydrogens is 252 g/mol. The summed E-state index contributed by atoms with van der Waals surface area (Å²) in [5, 5.41) is 0.631. The number of nitrogens with zero attached hydrogens (tertiary/aromatic N) is 2. The number of rotatable bonds is 5. The molecule has 0 fully saturated rings. The molecule has 0 saturated heterocycles. The second-order valence-electron chi connectivity index (χ2n) is 4.15. The molecule has 0 spiro atoms. The van der Waals surface area contributed by atoms with Crippen LogP contribution >= 0.6 is 11.6 Å². The molecule has 1 amide bonds. The van der Waals surface area contributed by atoms with Gasteiger partial charge in [-0.15, -0.1) is 0 Å². The molecular formula is C12H15ClN4O. The van der Waals surface area contributed by atoms with Gasteiger partial charge in [0.15, 0.2) is 0 Å². The number of anilines is 1. The summed E-state index contributed by atoms with van der Waals surface area (Å²) in [4.78, 5) is 14.9. The second-order valence-corrected chi connectivity index (χ2v) is 4.56. The summed E-state index contributed by atoms with van der Waals surface area (Å²) in [5.74, 6) is 0.161. The molecule has 0 saturated carbocycles. The number of hydrogen-bond donors (Lipinski definition) is 2. The van der Waals surface area contributed by atoms with E-state index in [2.05, 4.69) is 4.98 Å². The zero-order chi connectivity index (χ0) is 13.1. The fourth-order valence-corrected chi connectivity index (χ4v) is 2.23. The van der Waals surface area contributed by atoms with Gasteiger partial charge in [0.25, 0.3) is 0 Å². The van der Waals surface area contributed by atoms with Crippen LogP contribution < -0.4 is 11.5 Å². The molecule has 0 radical (unpaired) electrons. The zero-order valence-electron chi connectivity index (χ0n) is 9.90. The first-order chi connectivity index (χ1) is 8.59. The van der Waals surface area contributed by atoms with Crippen molar-refractivity contribution in [2.24, 2.45) is 5.73 Å². The Morgan fingerprint density at radius 1 is 1.39 bits per heavy atom. The monoisotopic (exact) mass is 266 g/mol. The maximum absolute atomic E-state index is 10.7. The number of benzene rings is 1. The van der Waals surface area contributed by atoms with Crippen LogP contribution in [-0.2, 0) is 11.3 Å². The number of carbonyl (C=O) groups is 1. The van der Waals surface area contributed by atoms with Gasteiger partial charge in [-0.2, -0.15) is 0 Å². The van der Waals surface area contributed by atoms with Crippen LogP contribution in [0.1, 0.15) is 19.3 Å². The highest BCUT2D eigenvalue weighted by atomic mass is 35.5. The maximum Gasteiger partial charge on any atom is 0.217 e. The molecule has 18 heavy (non-hydrogen) atoms. The molecule has 0 bridgehead atoms. The van der Waals surface area contributed by atoms with Gasteiger partial charge in [0.1, 0.15) is 0 Å². The molecule has 1 aromatic carbocycles. The molecule has 0 aliphatic rings. The van der Waals surface area contributed by atoms with E-state index in [-0.39, 0.29) is 5.91 Å². The molecule has 0 aliphatic carbocycles. The summed E-state index contributed by atoms with van der Waals surface area (Å²) >= 11 is 6.15. The van der Waals surface area contributed by atoms with Crippen LogP contribution in [0.25, 0.3) is 11.0 Å². The molecule has 5 nitrogen and oxygen atoms in total. The van der Waals surface area contributed by atoms with Crippen molar-refractivity contribution in [2.45, 2.75) is 25.8 Å². The minimum absolute atomic E-state index is 0.281. The number of nitrogens with two attached hydrogens (primary N) is 2. The van der Waals surface area contributed by atoms with Crippen molar-refractivity contribution in [1.82, 2.24) is 9.55 Å². The van der Waals surface area contributed by atoms with Crippen molar-refractivity contribution in [3.63, 3.8) is 0 Å². The number of amides is 1. The van der Waals surface area contributed by atoms with Crippen LogP contribution in [0.4, 0.5) is 5.95 Å². The number of primary amides is 1. The highest BCUT2D eigenvalue weighted by Crippen LogP contribution is 2.25. The summed E-state index contributed by atoms with van der Waals surface area (Å²) in [6.45, 7) is 0.680. The van der Waals surface area contributed by atoms with E-state index in [4.69, 9.17) is 23.1 Å². The molecule has 96 valence electrons. The van der Waals surface area contributed by atoms with E-state index in [0.29, 0.717) is 23.9 Å². The van der Waals surface area contributed by atoms with Crippen molar-refractivity contribution in [3.05, 3.63) is 23.2 Å². The predicted molar refractivity (Wildman–Crippen MR) is 72.2 cm³/mol. The lowest BCUT2D eigenvalue weighted by Gasteiger charge is -2.06. The van der Waals surface area contributed by atoms with Gasteiger partial charge in [-0.05, 0) is 25.0 Å². The van der Waals surface area contributed by atoms with Crippen LogP contribution in [0.2, 0.25) is 5.02 Å². The average molecular weight is 267 g/mol. The first-order valence-electron chi connectivity index (χ1n) is 5.78. The molecule has 6 heteroatoms. The van der Waals surface area contributed by atoms with Crippen molar-refractivity contribution in [2.75, 3.05) is 5.73 Å². The smallest absolute Gasteiger partial charge is 0.217 e. The van der Waals surface area contributed by atoms with Crippen LogP contribution in [0.3, 0.4) is 0 Å². The van der Waals surface area contributed by atoms with Crippen LogP contribution in [0, 0.1) is 0 Å². The lowest BCUT2D eigenvalue weighted by atomic mass is 10.2. The van der Waals surface area contributed by atoms with Gasteiger partial charge in [-0.1, -0.05) is 17.7 Å². The van der Waals surface area contributed by atoms with Crippen molar-refractivity contribution in [1.29, 1.82) is 0 Å². The first kappa shape index (κ1) is 12.7. The average Bonchev–Trinajstić information content (AvgIpc) is 2.62. The van der Waals surface area contributed by atoms with E-state index in [0.717, 1.165) is 23.9 Å². The highest BCUT2D eigenvalue weighted by molar-refractivity contribution is 6.35. The Kier molecular flexibility index (Phi) is 3.72. The number of imidazole rings is 1. The van der Waals surface area contributed by atoms with Gasteiger partial charge in [-0.25, -0.2) is 4.98 Å². The third-order valence-electron chi connectivity index (χ3n) is 2.80. The van der Waals surface area contributed by atoms with Crippen LogP contribution in [0.5, 0.6) is 0 Å². The number of aromatic nitrogens is 2. The van der Waals surface area contributed by atoms with Crippen LogP contribution in [-0.4, -0.2) is 15.5 Å². The zero-order valence-corrected chi connectivity index (χ0v) is 10.7. The Bertz CT molecular complexity index is 579. The number of hydrogen-bond acceptors (Lipinski definition) is 3. The Morgan fingerprint density at radius 2 is 2.17 bits per heavy atom. The minimum Gasteiger partial charge on any atom is -0.370 e. The van der Waals surface area contributed by atoms with E-state index < -0.39 is 0 Å².